The Labute approximate surface area is 149 Å². The number of anilines is 1. The third kappa shape index (κ3) is 5.60. The van der Waals surface area contributed by atoms with Gasteiger partial charge in [-0.1, -0.05) is 24.3 Å². The van der Waals surface area contributed by atoms with Gasteiger partial charge in [0.05, 0.1) is 16.8 Å². The molecule has 0 unspecified atom stereocenters. The summed E-state index contributed by atoms with van der Waals surface area (Å²) in [5, 5.41) is 4.18. The Morgan fingerprint density at radius 1 is 0.926 bits per heavy atom. The van der Waals surface area contributed by atoms with Crippen molar-refractivity contribution >= 4 is 11.7 Å². The molecule has 10 heteroatoms. The zero-order valence-corrected chi connectivity index (χ0v) is 13.5. The fourth-order valence-electron chi connectivity index (χ4n) is 2.24. The average molecular weight is 394 g/mol. The standard InChI is InChI=1S/C17H13F7N2O/c18-14-12(17(22,23)24)5-2-6-13(14)26-15(27)25-8-7-10-3-1-4-11(9-10)16(19,20)21/h1-6,9H,7-8H2,(H2,25,26,27). The van der Waals surface area contributed by atoms with Crippen LogP contribution in [0.4, 0.5) is 41.2 Å². The SMILES string of the molecule is O=C(NCCc1cccc(C(F)(F)F)c1)Nc1cccc(C(F)(F)F)c1F. The van der Waals surface area contributed by atoms with E-state index in [-0.39, 0.29) is 13.0 Å². The maximum atomic E-state index is 13.8. The number of rotatable bonds is 4. The van der Waals surface area contributed by atoms with Gasteiger partial charge in [0.1, 0.15) is 0 Å². The molecule has 0 saturated heterocycles. The number of alkyl halides is 6. The van der Waals surface area contributed by atoms with Crippen LogP contribution in [0.15, 0.2) is 42.5 Å². The van der Waals surface area contributed by atoms with Gasteiger partial charge in [0.25, 0.3) is 0 Å². The van der Waals surface area contributed by atoms with Crippen molar-refractivity contribution in [2.24, 2.45) is 0 Å². The molecule has 0 aliphatic rings. The molecule has 146 valence electrons. The molecule has 2 rings (SSSR count). The fourth-order valence-corrected chi connectivity index (χ4v) is 2.24. The number of halogens is 7. The molecule has 0 aromatic heterocycles. The van der Waals surface area contributed by atoms with E-state index in [2.05, 4.69) is 5.32 Å². The van der Waals surface area contributed by atoms with Crippen molar-refractivity contribution in [2.45, 2.75) is 18.8 Å². The molecule has 2 aromatic rings. The van der Waals surface area contributed by atoms with E-state index in [1.165, 1.54) is 12.1 Å². The van der Waals surface area contributed by atoms with E-state index in [0.29, 0.717) is 11.6 Å². The van der Waals surface area contributed by atoms with Crippen LogP contribution in [-0.4, -0.2) is 12.6 Å². The maximum absolute atomic E-state index is 13.8. The molecule has 0 aliphatic carbocycles. The Hall–Kier alpha value is -2.78. The molecule has 2 aromatic carbocycles. The Bertz CT molecular complexity index is 816. The summed E-state index contributed by atoms with van der Waals surface area (Å²) in [5.74, 6) is -1.63. The average Bonchev–Trinajstić information content (AvgIpc) is 2.55. The lowest BCUT2D eigenvalue weighted by Gasteiger charge is -2.13. The molecule has 0 fully saturated rings. The van der Waals surface area contributed by atoms with Crippen molar-refractivity contribution in [1.29, 1.82) is 0 Å². The van der Waals surface area contributed by atoms with Gasteiger partial charge in [-0.3, -0.25) is 0 Å². The maximum Gasteiger partial charge on any atom is 0.419 e. The lowest BCUT2D eigenvalue weighted by Crippen LogP contribution is -2.31. The van der Waals surface area contributed by atoms with Crippen molar-refractivity contribution in [3.63, 3.8) is 0 Å². The molecule has 0 radical (unpaired) electrons. The Kier molecular flexibility index (Phi) is 5.97. The van der Waals surface area contributed by atoms with Crippen molar-refractivity contribution in [1.82, 2.24) is 5.32 Å². The molecule has 2 N–H and O–H groups in total. The van der Waals surface area contributed by atoms with Crippen molar-refractivity contribution in [3.8, 4) is 0 Å². The molecule has 0 atom stereocenters. The van der Waals surface area contributed by atoms with Crippen LogP contribution in [0.3, 0.4) is 0 Å². The number of carbonyl (C=O) groups is 1. The third-order valence-electron chi connectivity index (χ3n) is 3.51. The monoisotopic (exact) mass is 394 g/mol. The number of hydrogen-bond acceptors (Lipinski definition) is 1. The zero-order valence-electron chi connectivity index (χ0n) is 13.5. The van der Waals surface area contributed by atoms with E-state index in [1.807, 2.05) is 5.32 Å². The molecule has 27 heavy (non-hydrogen) atoms. The topological polar surface area (TPSA) is 41.1 Å². The van der Waals surface area contributed by atoms with Gasteiger partial charge in [-0.05, 0) is 30.2 Å². The summed E-state index contributed by atoms with van der Waals surface area (Å²) in [6.07, 6.45) is -9.37. The molecule has 0 saturated carbocycles. The van der Waals surface area contributed by atoms with Gasteiger partial charge in [-0.15, -0.1) is 0 Å². The van der Waals surface area contributed by atoms with Gasteiger partial charge in [0, 0.05) is 6.54 Å². The summed E-state index contributed by atoms with van der Waals surface area (Å²) in [6.45, 7) is -0.103. The highest BCUT2D eigenvalue weighted by atomic mass is 19.4. The largest absolute Gasteiger partial charge is 0.419 e. The number of benzene rings is 2. The van der Waals surface area contributed by atoms with E-state index in [0.717, 1.165) is 24.3 Å². The van der Waals surface area contributed by atoms with Crippen LogP contribution in [0.25, 0.3) is 0 Å². The summed E-state index contributed by atoms with van der Waals surface area (Å²) in [5.41, 5.74) is -2.73. The van der Waals surface area contributed by atoms with E-state index in [9.17, 15) is 35.5 Å². The highest BCUT2D eigenvalue weighted by molar-refractivity contribution is 5.89. The molecular weight excluding hydrogens is 381 g/mol. The molecule has 2 amide bonds. The molecule has 3 nitrogen and oxygen atoms in total. The van der Waals surface area contributed by atoms with Gasteiger partial charge < -0.3 is 10.6 Å². The number of carbonyl (C=O) groups excluding carboxylic acids is 1. The van der Waals surface area contributed by atoms with Crippen LogP contribution in [0.5, 0.6) is 0 Å². The minimum atomic E-state index is -4.91. The van der Waals surface area contributed by atoms with E-state index >= 15 is 0 Å². The van der Waals surface area contributed by atoms with Crippen LogP contribution in [0.1, 0.15) is 16.7 Å². The first-order valence-corrected chi connectivity index (χ1v) is 7.55. The summed E-state index contributed by atoms with van der Waals surface area (Å²) in [7, 11) is 0. The van der Waals surface area contributed by atoms with Crippen molar-refractivity contribution in [2.75, 3.05) is 11.9 Å². The Morgan fingerprint density at radius 3 is 2.22 bits per heavy atom. The number of amides is 2. The minimum absolute atomic E-state index is 0.0441. The molecule has 0 aliphatic heterocycles. The lowest BCUT2D eigenvalue weighted by molar-refractivity contribution is -0.140. The second-order valence-electron chi connectivity index (χ2n) is 5.49. The van der Waals surface area contributed by atoms with Crippen LogP contribution in [-0.2, 0) is 18.8 Å². The molecule has 0 spiro atoms. The van der Waals surface area contributed by atoms with E-state index < -0.39 is 41.0 Å². The summed E-state index contributed by atoms with van der Waals surface area (Å²) in [4.78, 5) is 11.7. The Balaban J connectivity index is 1.94. The molecular formula is C17H13F7N2O. The quantitative estimate of drug-likeness (QED) is 0.686. The summed E-state index contributed by atoms with van der Waals surface area (Å²) in [6, 6.07) is 5.91. The van der Waals surface area contributed by atoms with E-state index in [4.69, 9.17) is 0 Å². The van der Waals surface area contributed by atoms with Crippen LogP contribution >= 0.6 is 0 Å². The molecule has 0 bridgehead atoms. The van der Waals surface area contributed by atoms with Crippen molar-refractivity contribution in [3.05, 3.63) is 65.0 Å². The summed E-state index contributed by atoms with van der Waals surface area (Å²) < 4.78 is 89.5. The number of nitrogens with one attached hydrogen (secondary N) is 2. The summed E-state index contributed by atoms with van der Waals surface area (Å²) >= 11 is 0. The number of hydrogen-bond donors (Lipinski definition) is 2. The van der Waals surface area contributed by atoms with E-state index in [1.54, 1.807) is 0 Å². The molecule has 0 heterocycles. The highest BCUT2D eigenvalue weighted by Crippen LogP contribution is 2.34. The second-order valence-corrected chi connectivity index (χ2v) is 5.49. The van der Waals surface area contributed by atoms with Gasteiger partial charge >= 0.3 is 18.4 Å². The van der Waals surface area contributed by atoms with Crippen molar-refractivity contribution < 1.29 is 35.5 Å². The first kappa shape index (κ1) is 20.5. The van der Waals surface area contributed by atoms with Gasteiger partial charge in [-0.2, -0.15) is 26.3 Å². The predicted octanol–water partition coefficient (Wildman–Crippen LogP) is 5.23. The van der Waals surface area contributed by atoms with Gasteiger partial charge in [0.2, 0.25) is 0 Å². The smallest absolute Gasteiger partial charge is 0.338 e. The van der Waals surface area contributed by atoms with Gasteiger partial charge in [0.15, 0.2) is 5.82 Å². The third-order valence-corrected chi connectivity index (χ3v) is 3.51. The van der Waals surface area contributed by atoms with Gasteiger partial charge in [-0.25, -0.2) is 9.18 Å². The highest BCUT2D eigenvalue weighted by Gasteiger charge is 2.35. The normalized spacial score (nSPS) is 12.0. The number of urea groups is 1. The minimum Gasteiger partial charge on any atom is -0.338 e. The van der Waals surface area contributed by atoms with Crippen LogP contribution in [0.2, 0.25) is 0 Å². The lowest BCUT2D eigenvalue weighted by atomic mass is 10.1. The zero-order chi connectivity index (χ0) is 20.2. The second kappa shape index (κ2) is 7.85. The van der Waals surface area contributed by atoms with Crippen LogP contribution < -0.4 is 10.6 Å². The predicted molar refractivity (Wildman–Crippen MR) is 83.6 cm³/mol. The first-order chi connectivity index (χ1) is 12.5. The van der Waals surface area contributed by atoms with Crippen LogP contribution in [0, 0.1) is 5.82 Å². The first-order valence-electron chi connectivity index (χ1n) is 7.55. The fraction of sp³-hybridized carbons (Fsp3) is 0.235. The Morgan fingerprint density at radius 2 is 1.59 bits per heavy atom.